The highest BCUT2D eigenvalue weighted by atomic mass is 32.1. The maximum absolute atomic E-state index is 11.7. The number of piperidine rings is 1. The minimum absolute atomic E-state index is 0.238. The fourth-order valence-corrected chi connectivity index (χ4v) is 4.15. The highest BCUT2D eigenvalue weighted by Gasteiger charge is 2.18. The lowest BCUT2D eigenvalue weighted by Crippen LogP contribution is -2.33. The first-order valence-electron chi connectivity index (χ1n) is 9.65. The van der Waals surface area contributed by atoms with E-state index in [0.29, 0.717) is 11.7 Å². The van der Waals surface area contributed by atoms with E-state index in [1.54, 1.807) is 0 Å². The third-order valence-electron chi connectivity index (χ3n) is 4.98. The molecule has 0 aliphatic carbocycles. The Bertz CT molecular complexity index is 962. The first-order valence-corrected chi connectivity index (χ1v) is 10.5. The molecule has 2 N–H and O–H groups in total. The van der Waals surface area contributed by atoms with Crippen LogP contribution in [-0.4, -0.2) is 40.6 Å². The Morgan fingerprint density at radius 3 is 2.68 bits per heavy atom. The quantitative estimate of drug-likeness (QED) is 0.693. The molecule has 7 nitrogen and oxygen atoms in total. The van der Waals surface area contributed by atoms with Gasteiger partial charge in [0.25, 0.3) is 0 Å². The highest BCUT2D eigenvalue weighted by Crippen LogP contribution is 2.30. The topological polar surface area (TPSA) is 83.0 Å². The number of carbonyl (C=O) groups excluding carboxylic acids is 1. The number of nitrogens with one attached hydrogen (secondary N) is 2. The number of aromatic nitrogens is 3. The fraction of sp³-hybridized carbons (Fsp3) is 0.400. The van der Waals surface area contributed by atoms with Gasteiger partial charge in [-0.05, 0) is 43.4 Å². The summed E-state index contributed by atoms with van der Waals surface area (Å²) in [5.41, 5.74) is 2.83. The number of rotatable bonds is 4. The lowest BCUT2D eigenvalue weighted by atomic mass is 10.00. The van der Waals surface area contributed by atoms with Gasteiger partial charge in [-0.2, -0.15) is 0 Å². The van der Waals surface area contributed by atoms with Gasteiger partial charge in [-0.25, -0.2) is 19.7 Å². The molecule has 1 aromatic carbocycles. The van der Waals surface area contributed by atoms with Crippen molar-refractivity contribution in [2.75, 3.05) is 29.9 Å². The van der Waals surface area contributed by atoms with E-state index in [-0.39, 0.29) is 6.03 Å². The van der Waals surface area contributed by atoms with Crippen LogP contribution < -0.4 is 15.5 Å². The summed E-state index contributed by atoms with van der Waals surface area (Å²) in [6.45, 7) is 6.79. The second kappa shape index (κ2) is 8.10. The van der Waals surface area contributed by atoms with Crippen molar-refractivity contribution in [3.8, 4) is 11.1 Å². The largest absolute Gasteiger partial charge is 0.341 e. The van der Waals surface area contributed by atoms with E-state index in [1.165, 1.54) is 24.2 Å². The summed E-state index contributed by atoms with van der Waals surface area (Å²) in [4.78, 5) is 27.6. The second-order valence-corrected chi connectivity index (χ2v) is 8.16. The van der Waals surface area contributed by atoms with Crippen LogP contribution in [0.1, 0.15) is 26.7 Å². The van der Waals surface area contributed by atoms with Crippen LogP contribution in [0.5, 0.6) is 0 Å². The first-order chi connectivity index (χ1) is 13.6. The van der Waals surface area contributed by atoms with Gasteiger partial charge in [-0.3, -0.25) is 5.32 Å². The van der Waals surface area contributed by atoms with Gasteiger partial charge in [-0.15, -0.1) is 0 Å². The van der Waals surface area contributed by atoms with Gasteiger partial charge in [0.15, 0.2) is 5.13 Å². The molecule has 0 atom stereocenters. The molecule has 0 bridgehead atoms. The van der Waals surface area contributed by atoms with Crippen LogP contribution >= 0.6 is 11.3 Å². The first kappa shape index (κ1) is 18.6. The third kappa shape index (κ3) is 4.06. The van der Waals surface area contributed by atoms with E-state index in [2.05, 4.69) is 37.4 Å². The monoisotopic (exact) mass is 396 g/mol. The summed E-state index contributed by atoms with van der Waals surface area (Å²) in [5.74, 6) is 1.59. The van der Waals surface area contributed by atoms with Crippen molar-refractivity contribution in [2.45, 2.75) is 26.7 Å². The molecule has 28 heavy (non-hydrogen) atoms. The van der Waals surface area contributed by atoms with Gasteiger partial charge in [0, 0.05) is 37.6 Å². The maximum Gasteiger partial charge on any atom is 0.321 e. The Kier molecular flexibility index (Phi) is 5.38. The third-order valence-corrected chi connectivity index (χ3v) is 5.94. The predicted octanol–water partition coefficient (Wildman–Crippen LogP) is 4.13. The lowest BCUT2D eigenvalue weighted by molar-refractivity contribution is 0.252. The summed E-state index contributed by atoms with van der Waals surface area (Å²) < 4.78 is 1.02. The molecule has 2 aromatic heterocycles. The van der Waals surface area contributed by atoms with Crippen LogP contribution in [0.3, 0.4) is 0 Å². The van der Waals surface area contributed by atoms with Gasteiger partial charge in [0.1, 0.15) is 0 Å². The van der Waals surface area contributed by atoms with Crippen molar-refractivity contribution >= 4 is 38.7 Å². The molecule has 3 aromatic rings. The Labute approximate surface area is 168 Å². The van der Waals surface area contributed by atoms with E-state index in [0.717, 1.165) is 46.3 Å². The van der Waals surface area contributed by atoms with Gasteiger partial charge in [-0.1, -0.05) is 24.3 Å². The summed E-state index contributed by atoms with van der Waals surface area (Å²) in [6.07, 6.45) is 6.14. The number of hydrogen-bond donors (Lipinski definition) is 2. The minimum Gasteiger partial charge on any atom is -0.341 e. The van der Waals surface area contributed by atoms with Crippen molar-refractivity contribution in [1.29, 1.82) is 0 Å². The maximum atomic E-state index is 11.7. The zero-order chi connectivity index (χ0) is 19.5. The van der Waals surface area contributed by atoms with Gasteiger partial charge in [0.05, 0.1) is 10.2 Å². The molecular weight excluding hydrogens is 372 g/mol. The minimum atomic E-state index is -0.238. The van der Waals surface area contributed by atoms with Gasteiger partial charge >= 0.3 is 6.03 Å². The molecular formula is C20H24N6OS. The molecule has 0 unspecified atom stereocenters. The van der Waals surface area contributed by atoms with Crippen molar-refractivity contribution < 1.29 is 4.79 Å². The van der Waals surface area contributed by atoms with Crippen LogP contribution in [0.25, 0.3) is 21.3 Å². The number of urea groups is 1. The zero-order valence-corrected chi connectivity index (χ0v) is 16.9. The number of amides is 2. The van der Waals surface area contributed by atoms with Gasteiger partial charge in [0.2, 0.25) is 5.95 Å². The molecule has 8 heteroatoms. The normalized spacial score (nSPS) is 15.0. The number of nitrogens with zero attached hydrogens (tertiary/aromatic N) is 4. The predicted molar refractivity (Wildman–Crippen MR) is 114 cm³/mol. The molecule has 0 saturated carbocycles. The Balaban J connectivity index is 1.51. The standard InChI is InChI=1S/C20H24N6OS/c1-3-21-19(27)25-20-24-16-10-14(4-5-17(16)28-20)15-11-22-18(23-12-15)26-8-6-13(2)7-9-26/h4-5,10-13H,3,6-9H2,1-2H3,(H2,21,24,25,27). The molecule has 1 fully saturated rings. The number of fused-ring (bicyclic) bond motifs is 1. The van der Waals surface area contributed by atoms with Crippen LogP contribution in [0, 0.1) is 5.92 Å². The highest BCUT2D eigenvalue weighted by molar-refractivity contribution is 7.22. The molecule has 0 spiro atoms. The summed E-state index contributed by atoms with van der Waals surface area (Å²) in [5, 5.41) is 6.06. The van der Waals surface area contributed by atoms with Crippen LogP contribution in [0.15, 0.2) is 30.6 Å². The van der Waals surface area contributed by atoms with Crippen molar-refractivity contribution in [3.63, 3.8) is 0 Å². The SMILES string of the molecule is CCNC(=O)Nc1nc2cc(-c3cnc(N4CCC(C)CC4)nc3)ccc2s1. The van der Waals surface area contributed by atoms with E-state index in [9.17, 15) is 4.79 Å². The van der Waals surface area contributed by atoms with Crippen molar-refractivity contribution in [2.24, 2.45) is 5.92 Å². The molecule has 3 heterocycles. The van der Waals surface area contributed by atoms with Gasteiger partial charge < -0.3 is 10.2 Å². The molecule has 1 aliphatic rings. The van der Waals surface area contributed by atoms with Crippen LogP contribution in [0.4, 0.5) is 15.9 Å². The average molecular weight is 397 g/mol. The van der Waals surface area contributed by atoms with Crippen molar-refractivity contribution in [3.05, 3.63) is 30.6 Å². The number of hydrogen-bond acceptors (Lipinski definition) is 6. The van der Waals surface area contributed by atoms with E-state index in [1.807, 2.05) is 37.5 Å². The second-order valence-electron chi connectivity index (χ2n) is 7.13. The van der Waals surface area contributed by atoms with Crippen LogP contribution in [0.2, 0.25) is 0 Å². The fourth-order valence-electron chi connectivity index (χ4n) is 3.30. The zero-order valence-electron chi connectivity index (χ0n) is 16.1. The molecule has 0 radical (unpaired) electrons. The number of anilines is 2. The number of carbonyl (C=O) groups is 1. The molecule has 146 valence electrons. The number of benzene rings is 1. The number of thiazole rings is 1. The summed E-state index contributed by atoms with van der Waals surface area (Å²) in [6, 6.07) is 5.83. The summed E-state index contributed by atoms with van der Waals surface area (Å²) in [7, 11) is 0. The molecule has 2 amide bonds. The smallest absolute Gasteiger partial charge is 0.321 e. The van der Waals surface area contributed by atoms with E-state index in [4.69, 9.17) is 0 Å². The summed E-state index contributed by atoms with van der Waals surface area (Å²) >= 11 is 1.46. The van der Waals surface area contributed by atoms with E-state index >= 15 is 0 Å². The molecule has 1 aliphatic heterocycles. The lowest BCUT2D eigenvalue weighted by Gasteiger charge is -2.30. The van der Waals surface area contributed by atoms with Crippen LogP contribution in [-0.2, 0) is 0 Å². The molecule has 1 saturated heterocycles. The average Bonchev–Trinajstić information content (AvgIpc) is 3.10. The Morgan fingerprint density at radius 1 is 1.21 bits per heavy atom. The molecule has 4 rings (SSSR count). The van der Waals surface area contributed by atoms with E-state index < -0.39 is 0 Å². The Morgan fingerprint density at radius 2 is 1.96 bits per heavy atom. The van der Waals surface area contributed by atoms with Crippen molar-refractivity contribution in [1.82, 2.24) is 20.3 Å². The Hall–Kier alpha value is -2.74.